The van der Waals surface area contributed by atoms with Crippen LogP contribution in [-0.4, -0.2) is 30.2 Å². The van der Waals surface area contributed by atoms with Gasteiger partial charge >= 0.3 is 5.97 Å². The average molecular weight is 271 g/mol. The Bertz CT molecular complexity index is 549. The fourth-order valence-corrected chi connectivity index (χ4v) is 3.24. The van der Waals surface area contributed by atoms with Gasteiger partial charge in [0.2, 0.25) is 0 Å². The van der Waals surface area contributed by atoms with E-state index in [1.54, 1.807) is 12.3 Å². The van der Waals surface area contributed by atoms with Gasteiger partial charge in [0.1, 0.15) is 0 Å². The van der Waals surface area contributed by atoms with Crippen molar-refractivity contribution >= 4 is 15.8 Å². The van der Waals surface area contributed by atoms with Gasteiger partial charge in [-0.25, -0.2) is 8.42 Å². The largest absolute Gasteiger partial charge is 0.481 e. The maximum Gasteiger partial charge on any atom is 0.310 e. The number of hydrogen-bond donors (Lipinski definition) is 1. The lowest BCUT2D eigenvalue weighted by Gasteiger charge is -2.18. The SMILES string of the molecule is CCc1cncc(S(=O)(=O)CC(C)(C)C(=O)O)c1. The fourth-order valence-electron chi connectivity index (χ4n) is 1.45. The summed E-state index contributed by atoms with van der Waals surface area (Å²) >= 11 is 0. The standard InChI is InChI=1S/C12H17NO4S/c1-4-9-5-10(7-13-6-9)18(16,17)8-12(2,3)11(14)15/h5-7H,4,8H2,1-3H3,(H,14,15). The molecule has 0 radical (unpaired) electrons. The summed E-state index contributed by atoms with van der Waals surface area (Å²) in [5.74, 6) is -1.57. The average Bonchev–Trinajstić information content (AvgIpc) is 2.27. The Morgan fingerprint density at radius 2 is 2.00 bits per heavy atom. The normalized spacial score (nSPS) is 12.4. The van der Waals surface area contributed by atoms with Crippen molar-refractivity contribution in [2.75, 3.05) is 5.75 Å². The molecule has 100 valence electrons. The molecule has 1 N–H and O–H groups in total. The number of pyridine rings is 1. The van der Waals surface area contributed by atoms with Gasteiger partial charge < -0.3 is 5.11 Å². The van der Waals surface area contributed by atoms with Gasteiger partial charge in [-0.05, 0) is 31.9 Å². The first kappa shape index (κ1) is 14.6. The second-order valence-corrected chi connectivity index (χ2v) is 6.82. The zero-order chi connectivity index (χ0) is 14.0. The number of carboxylic acid groups (broad SMARTS) is 1. The van der Waals surface area contributed by atoms with Crippen LogP contribution in [0.25, 0.3) is 0 Å². The zero-order valence-corrected chi connectivity index (χ0v) is 11.5. The second kappa shape index (κ2) is 5.06. The minimum Gasteiger partial charge on any atom is -0.481 e. The lowest BCUT2D eigenvalue weighted by molar-refractivity contribution is -0.145. The highest BCUT2D eigenvalue weighted by Crippen LogP contribution is 2.23. The van der Waals surface area contributed by atoms with Crippen LogP contribution in [0.1, 0.15) is 26.3 Å². The highest BCUT2D eigenvalue weighted by atomic mass is 32.2. The number of aromatic nitrogens is 1. The van der Waals surface area contributed by atoms with Crippen molar-refractivity contribution < 1.29 is 18.3 Å². The second-order valence-electron chi connectivity index (χ2n) is 4.83. The number of aliphatic carboxylic acids is 1. The van der Waals surface area contributed by atoms with E-state index >= 15 is 0 Å². The Hall–Kier alpha value is -1.43. The number of nitrogens with zero attached hydrogens (tertiary/aromatic N) is 1. The summed E-state index contributed by atoms with van der Waals surface area (Å²) in [5.41, 5.74) is -0.509. The minimum absolute atomic E-state index is 0.0798. The van der Waals surface area contributed by atoms with E-state index in [-0.39, 0.29) is 4.90 Å². The molecule has 0 spiro atoms. The molecule has 0 amide bonds. The van der Waals surface area contributed by atoms with E-state index in [0.717, 1.165) is 5.56 Å². The first-order chi connectivity index (χ1) is 8.19. The number of hydrogen-bond acceptors (Lipinski definition) is 4. The maximum absolute atomic E-state index is 12.1. The van der Waals surface area contributed by atoms with Gasteiger partial charge in [0.05, 0.1) is 16.1 Å². The molecule has 0 saturated heterocycles. The molecule has 1 aromatic heterocycles. The van der Waals surface area contributed by atoms with Crippen molar-refractivity contribution in [3.8, 4) is 0 Å². The van der Waals surface area contributed by atoms with Crippen LogP contribution in [0.5, 0.6) is 0 Å². The van der Waals surface area contributed by atoms with Gasteiger partial charge in [0.25, 0.3) is 0 Å². The van der Waals surface area contributed by atoms with Crippen LogP contribution in [0.4, 0.5) is 0 Å². The monoisotopic (exact) mass is 271 g/mol. The van der Waals surface area contributed by atoms with Crippen LogP contribution in [0, 0.1) is 5.41 Å². The summed E-state index contributed by atoms with van der Waals surface area (Å²) < 4.78 is 24.2. The van der Waals surface area contributed by atoms with Crippen molar-refractivity contribution in [2.45, 2.75) is 32.1 Å². The molecular formula is C12H17NO4S. The Morgan fingerprint density at radius 3 is 2.50 bits per heavy atom. The van der Waals surface area contributed by atoms with E-state index in [0.29, 0.717) is 6.42 Å². The van der Waals surface area contributed by atoms with Crippen molar-refractivity contribution in [2.24, 2.45) is 5.41 Å². The fraction of sp³-hybridized carbons (Fsp3) is 0.500. The van der Waals surface area contributed by atoms with Crippen LogP contribution in [0.2, 0.25) is 0 Å². The molecule has 0 aliphatic carbocycles. The highest BCUT2D eigenvalue weighted by Gasteiger charge is 2.34. The summed E-state index contributed by atoms with van der Waals surface area (Å²) in [7, 11) is -3.64. The lowest BCUT2D eigenvalue weighted by atomic mass is 9.97. The molecule has 18 heavy (non-hydrogen) atoms. The van der Waals surface area contributed by atoms with Crippen LogP contribution < -0.4 is 0 Å². The summed E-state index contributed by atoms with van der Waals surface area (Å²) in [4.78, 5) is 14.9. The first-order valence-electron chi connectivity index (χ1n) is 5.59. The van der Waals surface area contributed by atoms with E-state index in [4.69, 9.17) is 5.11 Å². The molecule has 0 aliphatic rings. The van der Waals surface area contributed by atoms with Gasteiger partial charge in [0, 0.05) is 12.4 Å². The zero-order valence-electron chi connectivity index (χ0n) is 10.7. The van der Waals surface area contributed by atoms with E-state index in [1.807, 2.05) is 6.92 Å². The highest BCUT2D eigenvalue weighted by molar-refractivity contribution is 7.91. The van der Waals surface area contributed by atoms with E-state index < -0.39 is 27.0 Å². The van der Waals surface area contributed by atoms with E-state index in [9.17, 15) is 13.2 Å². The van der Waals surface area contributed by atoms with Crippen molar-refractivity contribution in [1.82, 2.24) is 4.98 Å². The summed E-state index contributed by atoms with van der Waals surface area (Å²) in [6.45, 7) is 4.68. The van der Waals surface area contributed by atoms with Gasteiger partial charge in [-0.15, -0.1) is 0 Å². The van der Waals surface area contributed by atoms with Gasteiger partial charge in [-0.2, -0.15) is 0 Å². The first-order valence-corrected chi connectivity index (χ1v) is 7.24. The van der Waals surface area contributed by atoms with E-state index in [1.165, 1.54) is 20.0 Å². The smallest absolute Gasteiger partial charge is 0.310 e. The van der Waals surface area contributed by atoms with Crippen LogP contribution >= 0.6 is 0 Å². The maximum atomic E-state index is 12.1. The number of sulfone groups is 1. The molecule has 0 bridgehead atoms. The van der Waals surface area contributed by atoms with Crippen molar-refractivity contribution in [3.05, 3.63) is 24.0 Å². The predicted octanol–water partition coefficient (Wildman–Crippen LogP) is 1.53. The van der Waals surface area contributed by atoms with E-state index in [2.05, 4.69) is 4.98 Å². The van der Waals surface area contributed by atoms with Gasteiger partial charge in [0.15, 0.2) is 9.84 Å². The summed E-state index contributed by atoms with van der Waals surface area (Å²) in [6, 6.07) is 1.54. The number of rotatable bonds is 5. The molecule has 1 rings (SSSR count). The molecule has 0 fully saturated rings. The number of aryl methyl sites for hydroxylation is 1. The number of carbonyl (C=O) groups is 1. The third kappa shape index (κ3) is 3.29. The summed E-state index contributed by atoms with van der Waals surface area (Å²) in [6.07, 6.45) is 3.53. The molecule has 5 nitrogen and oxygen atoms in total. The Balaban J connectivity index is 3.10. The topological polar surface area (TPSA) is 84.3 Å². The summed E-state index contributed by atoms with van der Waals surface area (Å²) in [5, 5.41) is 8.97. The molecule has 0 aliphatic heterocycles. The molecule has 1 heterocycles. The Labute approximate surface area is 107 Å². The van der Waals surface area contributed by atoms with Crippen LogP contribution in [0.3, 0.4) is 0 Å². The Morgan fingerprint density at radius 1 is 1.39 bits per heavy atom. The van der Waals surface area contributed by atoms with Crippen molar-refractivity contribution in [1.29, 1.82) is 0 Å². The van der Waals surface area contributed by atoms with Crippen LogP contribution in [0.15, 0.2) is 23.4 Å². The predicted molar refractivity (Wildman–Crippen MR) is 67.1 cm³/mol. The molecule has 1 aromatic rings. The van der Waals surface area contributed by atoms with Crippen molar-refractivity contribution in [3.63, 3.8) is 0 Å². The van der Waals surface area contributed by atoms with Gasteiger partial charge in [-0.3, -0.25) is 9.78 Å². The quantitative estimate of drug-likeness (QED) is 0.877. The van der Waals surface area contributed by atoms with Gasteiger partial charge in [-0.1, -0.05) is 6.92 Å². The third-order valence-corrected chi connectivity index (χ3v) is 4.71. The molecule has 0 atom stereocenters. The number of carboxylic acids is 1. The third-order valence-electron chi connectivity index (χ3n) is 2.67. The molecule has 0 unspecified atom stereocenters. The Kier molecular flexibility index (Phi) is 4.11. The molecular weight excluding hydrogens is 254 g/mol. The van der Waals surface area contributed by atoms with Crippen LogP contribution in [-0.2, 0) is 21.1 Å². The minimum atomic E-state index is -3.64. The molecule has 6 heteroatoms. The lowest BCUT2D eigenvalue weighted by Crippen LogP contribution is -2.32. The molecule has 0 aromatic carbocycles. The molecule has 0 saturated carbocycles.